The molecule has 0 bridgehead atoms. The smallest absolute Gasteiger partial charge is 0.262 e. The highest BCUT2D eigenvalue weighted by Gasteiger charge is 2.29. The summed E-state index contributed by atoms with van der Waals surface area (Å²) in [6.45, 7) is 1.75. The maximum absolute atomic E-state index is 13.1. The second-order valence-corrected chi connectivity index (χ2v) is 7.25. The molecule has 1 saturated heterocycles. The van der Waals surface area contributed by atoms with Crippen LogP contribution in [0, 0.1) is 11.8 Å². The lowest BCUT2D eigenvalue weighted by Crippen LogP contribution is -2.34. The van der Waals surface area contributed by atoms with Crippen LogP contribution in [-0.2, 0) is 13.1 Å². The second kappa shape index (κ2) is 6.64. The molecular formula is C22H20N4O. The summed E-state index contributed by atoms with van der Waals surface area (Å²) in [6.07, 6.45) is 6.13. The van der Waals surface area contributed by atoms with Gasteiger partial charge in [-0.1, -0.05) is 12.0 Å². The van der Waals surface area contributed by atoms with Gasteiger partial charge in [0.1, 0.15) is 11.5 Å². The Hall–Kier alpha value is -2.97. The van der Waals surface area contributed by atoms with E-state index in [9.17, 15) is 4.79 Å². The number of fused-ring (bicyclic) bond motifs is 3. The van der Waals surface area contributed by atoms with Crippen LogP contribution in [0.3, 0.4) is 0 Å². The van der Waals surface area contributed by atoms with Crippen LogP contribution in [0.4, 0.5) is 0 Å². The van der Waals surface area contributed by atoms with Crippen molar-refractivity contribution in [2.24, 2.45) is 0 Å². The van der Waals surface area contributed by atoms with E-state index in [1.165, 1.54) is 12.8 Å². The maximum atomic E-state index is 13.1. The molecule has 5 nitrogen and oxygen atoms in total. The molecule has 1 unspecified atom stereocenters. The zero-order valence-electron chi connectivity index (χ0n) is 15.1. The minimum absolute atomic E-state index is 0.0618. The Bertz CT molecular complexity index is 1120. The maximum Gasteiger partial charge on any atom is 0.262 e. The van der Waals surface area contributed by atoms with Crippen LogP contribution >= 0.6 is 0 Å². The lowest BCUT2D eigenvalue weighted by molar-refractivity contribution is 0.203. The highest BCUT2D eigenvalue weighted by atomic mass is 16.1. The highest BCUT2D eigenvalue weighted by molar-refractivity contribution is 5.79. The SMILES string of the molecule is O=c1c2ccc(C#Cc3ccccn3)cc2nc2n1CN1CCCC1CC2. The molecule has 0 N–H and O–H groups in total. The first-order chi connectivity index (χ1) is 13.3. The molecular weight excluding hydrogens is 336 g/mol. The Balaban J connectivity index is 1.55. The van der Waals surface area contributed by atoms with Crippen LogP contribution in [-0.4, -0.2) is 32.0 Å². The summed E-state index contributed by atoms with van der Waals surface area (Å²) < 4.78 is 1.87. The topological polar surface area (TPSA) is 51.0 Å². The largest absolute Gasteiger partial charge is 0.283 e. The summed E-state index contributed by atoms with van der Waals surface area (Å²) >= 11 is 0. The number of rotatable bonds is 0. The van der Waals surface area contributed by atoms with E-state index in [0.29, 0.717) is 18.1 Å². The standard InChI is InChI=1S/C22H20N4O/c27-22-19-10-7-16(6-8-17-4-1-2-12-23-17)14-20(19)24-21-11-9-18-5-3-13-25(18)15-26(21)22/h1-2,4,7,10,12,14,18H,3,5,9,11,13,15H2. The molecule has 1 fully saturated rings. The molecule has 2 aromatic heterocycles. The Morgan fingerprint density at radius 1 is 1.11 bits per heavy atom. The quantitative estimate of drug-likeness (QED) is 0.581. The summed E-state index contributed by atoms with van der Waals surface area (Å²) in [6, 6.07) is 11.9. The van der Waals surface area contributed by atoms with Gasteiger partial charge in [0.2, 0.25) is 0 Å². The number of benzene rings is 1. The van der Waals surface area contributed by atoms with Crippen LogP contribution in [0.2, 0.25) is 0 Å². The number of hydrogen-bond acceptors (Lipinski definition) is 4. The predicted octanol–water partition coefficient (Wildman–Crippen LogP) is 2.56. The zero-order valence-corrected chi connectivity index (χ0v) is 15.1. The molecule has 27 heavy (non-hydrogen) atoms. The molecule has 5 rings (SSSR count). The molecule has 2 aliphatic heterocycles. The van der Waals surface area contributed by atoms with Crippen LogP contribution < -0.4 is 5.56 Å². The average Bonchev–Trinajstić information content (AvgIpc) is 3.07. The first kappa shape index (κ1) is 16.2. The zero-order chi connectivity index (χ0) is 18.2. The van der Waals surface area contributed by atoms with Gasteiger partial charge in [0.05, 0.1) is 17.6 Å². The van der Waals surface area contributed by atoms with Gasteiger partial charge in [0, 0.05) is 30.8 Å². The summed E-state index contributed by atoms with van der Waals surface area (Å²) in [7, 11) is 0. The molecule has 1 aromatic carbocycles. The molecule has 1 atom stereocenters. The number of aryl methyl sites for hydroxylation is 1. The van der Waals surface area contributed by atoms with Crippen molar-refractivity contribution >= 4 is 10.9 Å². The third-order valence-corrected chi connectivity index (χ3v) is 5.56. The molecule has 0 spiro atoms. The summed E-state index contributed by atoms with van der Waals surface area (Å²) in [5.74, 6) is 7.09. The summed E-state index contributed by atoms with van der Waals surface area (Å²) in [5, 5.41) is 0.666. The van der Waals surface area contributed by atoms with Gasteiger partial charge in [-0.05, 0) is 55.5 Å². The van der Waals surface area contributed by atoms with E-state index in [2.05, 4.69) is 21.7 Å². The van der Waals surface area contributed by atoms with Gasteiger partial charge in [-0.2, -0.15) is 0 Å². The van der Waals surface area contributed by atoms with Crippen molar-refractivity contribution < 1.29 is 0 Å². The summed E-state index contributed by atoms with van der Waals surface area (Å²) in [4.78, 5) is 24.5. The van der Waals surface area contributed by atoms with Gasteiger partial charge >= 0.3 is 0 Å². The number of hydrogen-bond donors (Lipinski definition) is 0. The van der Waals surface area contributed by atoms with E-state index in [4.69, 9.17) is 4.98 Å². The van der Waals surface area contributed by atoms with Crippen molar-refractivity contribution in [3.05, 3.63) is 70.0 Å². The molecule has 0 saturated carbocycles. The molecule has 4 heterocycles. The normalized spacial score (nSPS) is 19.0. The molecule has 0 aliphatic carbocycles. The van der Waals surface area contributed by atoms with Crippen LogP contribution in [0.1, 0.15) is 36.3 Å². The Morgan fingerprint density at radius 2 is 2.07 bits per heavy atom. The Kier molecular flexibility index (Phi) is 3.99. The average molecular weight is 356 g/mol. The van der Waals surface area contributed by atoms with E-state index in [1.807, 2.05) is 41.0 Å². The summed E-state index contributed by atoms with van der Waals surface area (Å²) in [5.41, 5.74) is 2.38. The molecule has 134 valence electrons. The fraction of sp³-hybridized carbons (Fsp3) is 0.318. The van der Waals surface area contributed by atoms with Gasteiger partial charge in [-0.25, -0.2) is 9.97 Å². The van der Waals surface area contributed by atoms with Crippen molar-refractivity contribution in [3.8, 4) is 11.8 Å². The van der Waals surface area contributed by atoms with E-state index in [0.717, 1.165) is 42.0 Å². The Labute approximate surface area is 157 Å². The van der Waals surface area contributed by atoms with Gasteiger partial charge in [-0.3, -0.25) is 14.3 Å². The monoisotopic (exact) mass is 356 g/mol. The highest BCUT2D eigenvalue weighted by Crippen LogP contribution is 2.25. The molecule has 5 heteroatoms. The van der Waals surface area contributed by atoms with Gasteiger partial charge < -0.3 is 0 Å². The van der Waals surface area contributed by atoms with Gasteiger partial charge in [0.15, 0.2) is 0 Å². The van der Waals surface area contributed by atoms with Crippen molar-refractivity contribution in [2.45, 2.75) is 38.4 Å². The molecule has 3 aromatic rings. The second-order valence-electron chi connectivity index (χ2n) is 7.25. The number of nitrogens with zero attached hydrogens (tertiary/aromatic N) is 4. The lowest BCUT2D eigenvalue weighted by Gasteiger charge is -2.21. The number of pyridine rings is 1. The van der Waals surface area contributed by atoms with Crippen LogP contribution in [0.15, 0.2) is 47.4 Å². The van der Waals surface area contributed by atoms with E-state index in [1.54, 1.807) is 6.20 Å². The van der Waals surface area contributed by atoms with E-state index >= 15 is 0 Å². The van der Waals surface area contributed by atoms with E-state index < -0.39 is 0 Å². The van der Waals surface area contributed by atoms with Crippen molar-refractivity contribution in [3.63, 3.8) is 0 Å². The third kappa shape index (κ3) is 3.02. The predicted molar refractivity (Wildman–Crippen MR) is 104 cm³/mol. The van der Waals surface area contributed by atoms with Crippen LogP contribution in [0.25, 0.3) is 10.9 Å². The fourth-order valence-corrected chi connectivity index (χ4v) is 4.14. The third-order valence-electron chi connectivity index (χ3n) is 5.56. The molecule has 0 amide bonds. The van der Waals surface area contributed by atoms with Crippen molar-refractivity contribution in [2.75, 3.05) is 6.54 Å². The molecule has 0 radical (unpaired) electrons. The molecule has 2 aliphatic rings. The Morgan fingerprint density at radius 3 is 2.96 bits per heavy atom. The lowest BCUT2D eigenvalue weighted by atomic mass is 10.1. The van der Waals surface area contributed by atoms with Gasteiger partial charge in [-0.15, -0.1) is 0 Å². The first-order valence-corrected chi connectivity index (χ1v) is 9.48. The number of aromatic nitrogens is 3. The van der Waals surface area contributed by atoms with Crippen molar-refractivity contribution in [1.82, 2.24) is 19.4 Å². The van der Waals surface area contributed by atoms with E-state index in [-0.39, 0.29) is 5.56 Å². The fourth-order valence-electron chi connectivity index (χ4n) is 4.14. The van der Waals surface area contributed by atoms with Crippen LogP contribution in [0.5, 0.6) is 0 Å². The first-order valence-electron chi connectivity index (χ1n) is 9.48. The minimum Gasteiger partial charge on any atom is -0.283 e. The van der Waals surface area contributed by atoms with Crippen molar-refractivity contribution in [1.29, 1.82) is 0 Å². The van der Waals surface area contributed by atoms with Gasteiger partial charge in [0.25, 0.3) is 5.56 Å². The minimum atomic E-state index is 0.0618.